The highest BCUT2D eigenvalue weighted by atomic mass is 28.3. The van der Waals surface area contributed by atoms with E-state index in [2.05, 4.69) is 53.7 Å². The summed E-state index contributed by atoms with van der Waals surface area (Å²) < 4.78 is 16.5. The second kappa shape index (κ2) is 8.51. The van der Waals surface area contributed by atoms with E-state index in [0.29, 0.717) is 39.5 Å². The van der Waals surface area contributed by atoms with E-state index in [9.17, 15) is 0 Å². The van der Waals surface area contributed by atoms with Crippen molar-refractivity contribution in [2.75, 3.05) is 21.3 Å². The molecule has 0 saturated carbocycles. The first-order chi connectivity index (χ1) is 12.7. The molecule has 1 atom stereocenters. The predicted molar refractivity (Wildman–Crippen MR) is 117 cm³/mol. The van der Waals surface area contributed by atoms with E-state index < -0.39 is 8.07 Å². The van der Waals surface area contributed by atoms with Gasteiger partial charge in [-0.2, -0.15) is 0 Å². The Hall–Kier alpha value is -1.75. The summed E-state index contributed by atoms with van der Waals surface area (Å²) in [4.78, 5) is 5.22. The largest absolute Gasteiger partial charge is 0.493 e. The fourth-order valence-electron chi connectivity index (χ4n) is 5.12. The van der Waals surface area contributed by atoms with Gasteiger partial charge in [-0.15, -0.1) is 0 Å². The topological polar surface area (TPSA) is 40.0 Å². The van der Waals surface area contributed by atoms with Crippen LogP contribution < -0.4 is 14.2 Å². The molecule has 1 aromatic carbocycles. The lowest BCUT2D eigenvalue weighted by Gasteiger charge is -2.45. The van der Waals surface area contributed by atoms with Crippen LogP contribution in [0.2, 0.25) is 16.6 Å². The molecule has 2 rings (SSSR count). The molecule has 150 valence electrons. The third-order valence-corrected chi connectivity index (χ3v) is 13.5. The van der Waals surface area contributed by atoms with Crippen molar-refractivity contribution < 1.29 is 14.2 Å². The van der Waals surface area contributed by atoms with Gasteiger partial charge < -0.3 is 14.2 Å². The van der Waals surface area contributed by atoms with Crippen molar-refractivity contribution in [3.63, 3.8) is 0 Å². The summed E-state index contributed by atoms with van der Waals surface area (Å²) in [7, 11) is 3.22. The van der Waals surface area contributed by atoms with Gasteiger partial charge in [0.15, 0.2) is 11.5 Å². The quantitative estimate of drug-likeness (QED) is 0.539. The van der Waals surface area contributed by atoms with Crippen molar-refractivity contribution in [3.8, 4) is 17.2 Å². The van der Waals surface area contributed by atoms with Crippen molar-refractivity contribution in [2.24, 2.45) is 4.99 Å². The highest BCUT2D eigenvalue weighted by molar-refractivity contribution is 6.85. The van der Waals surface area contributed by atoms with Gasteiger partial charge in [-0.25, -0.2) is 0 Å². The Labute approximate surface area is 165 Å². The zero-order valence-electron chi connectivity index (χ0n) is 18.3. The molecule has 0 saturated heterocycles. The van der Waals surface area contributed by atoms with E-state index in [4.69, 9.17) is 19.2 Å². The van der Waals surface area contributed by atoms with Gasteiger partial charge in [0, 0.05) is 5.56 Å². The van der Waals surface area contributed by atoms with Crippen LogP contribution in [0.5, 0.6) is 17.2 Å². The molecule has 5 heteroatoms. The standard InChI is InChI=1S/C22H35NO3Si/c1-14(2)27(15(3)4,16(5)6)21-11-10-18(23-21)17-12-19(24-7)22(26-9)20(13-17)25-8/h10-16,21H,1-9H3. The van der Waals surface area contributed by atoms with Gasteiger partial charge >= 0.3 is 0 Å². The number of rotatable bonds is 8. The van der Waals surface area contributed by atoms with Crippen molar-refractivity contribution in [1.82, 2.24) is 0 Å². The molecular weight excluding hydrogens is 354 g/mol. The molecule has 1 aliphatic heterocycles. The van der Waals surface area contributed by atoms with Gasteiger partial charge in [0.25, 0.3) is 0 Å². The fraction of sp³-hybridized carbons (Fsp3) is 0.591. The van der Waals surface area contributed by atoms with E-state index >= 15 is 0 Å². The number of ether oxygens (including phenoxy) is 3. The van der Waals surface area contributed by atoms with Crippen LogP contribution in [0.1, 0.15) is 47.1 Å². The number of methoxy groups -OCH3 is 3. The third-order valence-electron chi connectivity index (χ3n) is 6.19. The van der Waals surface area contributed by atoms with Gasteiger partial charge in [0.05, 0.1) is 40.8 Å². The minimum atomic E-state index is -1.69. The second-order valence-electron chi connectivity index (χ2n) is 8.20. The second-order valence-corrected chi connectivity index (χ2v) is 14.3. The molecule has 0 aromatic heterocycles. The van der Waals surface area contributed by atoms with Crippen molar-refractivity contribution >= 4 is 13.8 Å². The Morgan fingerprint density at radius 2 is 1.30 bits per heavy atom. The molecule has 1 unspecified atom stereocenters. The van der Waals surface area contributed by atoms with Crippen LogP contribution in [0.3, 0.4) is 0 Å². The van der Waals surface area contributed by atoms with Crippen LogP contribution in [-0.2, 0) is 0 Å². The van der Waals surface area contributed by atoms with Gasteiger partial charge in [0.1, 0.15) is 0 Å². The Bertz CT molecular complexity index is 675. The molecule has 1 aliphatic rings. The molecule has 0 spiro atoms. The number of hydrogen-bond donors (Lipinski definition) is 0. The summed E-state index contributed by atoms with van der Waals surface area (Å²) >= 11 is 0. The van der Waals surface area contributed by atoms with Crippen LogP contribution in [-0.4, -0.2) is 40.8 Å². The Morgan fingerprint density at radius 3 is 1.67 bits per heavy atom. The van der Waals surface area contributed by atoms with Crippen molar-refractivity contribution in [3.05, 3.63) is 29.8 Å². The Balaban J connectivity index is 2.53. The summed E-state index contributed by atoms with van der Waals surface area (Å²) in [5.74, 6) is 1.93. The van der Waals surface area contributed by atoms with E-state index in [0.717, 1.165) is 11.3 Å². The zero-order valence-corrected chi connectivity index (χ0v) is 19.3. The average molecular weight is 390 g/mol. The monoisotopic (exact) mass is 389 g/mol. The maximum atomic E-state index is 5.51. The summed E-state index contributed by atoms with van der Waals surface area (Å²) in [5, 5.41) is 0. The van der Waals surface area contributed by atoms with E-state index in [1.807, 2.05) is 12.1 Å². The normalized spacial score (nSPS) is 17.0. The van der Waals surface area contributed by atoms with E-state index in [-0.39, 0.29) is 0 Å². The summed E-state index contributed by atoms with van der Waals surface area (Å²) in [5.41, 5.74) is 4.28. The molecular formula is C22H35NO3Si. The highest BCUT2D eigenvalue weighted by Gasteiger charge is 2.49. The molecule has 4 nitrogen and oxygen atoms in total. The molecule has 27 heavy (non-hydrogen) atoms. The smallest absolute Gasteiger partial charge is 0.203 e. The molecule has 0 radical (unpaired) electrons. The maximum absolute atomic E-state index is 5.51. The molecule has 0 aliphatic carbocycles. The fourth-order valence-corrected chi connectivity index (χ4v) is 12.0. The van der Waals surface area contributed by atoms with Crippen LogP contribution in [0.25, 0.3) is 0 Å². The van der Waals surface area contributed by atoms with Crippen LogP contribution in [0.15, 0.2) is 29.3 Å². The van der Waals surface area contributed by atoms with Gasteiger partial charge in [-0.05, 0) is 34.8 Å². The van der Waals surface area contributed by atoms with Crippen LogP contribution >= 0.6 is 0 Å². The summed E-state index contributed by atoms with van der Waals surface area (Å²) in [6, 6.07) is 3.96. The van der Waals surface area contributed by atoms with E-state index in [1.165, 1.54) is 0 Å². The molecule has 0 bridgehead atoms. The first-order valence-corrected chi connectivity index (χ1v) is 12.1. The molecule has 1 heterocycles. The zero-order chi connectivity index (χ0) is 20.4. The van der Waals surface area contributed by atoms with Crippen molar-refractivity contribution in [2.45, 2.75) is 63.8 Å². The molecule has 1 aromatic rings. The number of hydrogen-bond acceptors (Lipinski definition) is 4. The lowest BCUT2D eigenvalue weighted by atomic mass is 10.1. The number of allylic oxidation sites excluding steroid dienone is 1. The minimum absolute atomic E-state index is 0.298. The first-order valence-electron chi connectivity index (χ1n) is 9.80. The minimum Gasteiger partial charge on any atom is -0.493 e. The average Bonchev–Trinajstić information content (AvgIpc) is 3.09. The number of benzene rings is 1. The third kappa shape index (κ3) is 3.66. The lowest BCUT2D eigenvalue weighted by Crippen LogP contribution is -2.53. The molecule has 0 N–H and O–H groups in total. The number of aliphatic imine (C=N–C) groups is 1. The van der Waals surface area contributed by atoms with Crippen molar-refractivity contribution in [1.29, 1.82) is 0 Å². The summed E-state index contributed by atoms with van der Waals surface area (Å²) in [6.07, 6.45) is 4.49. The Kier molecular flexibility index (Phi) is 6.79. The number of nitrogens with zero attached hydrogens (tertiary/aromatic N) is 1. The maximum Gasteiger partial charge on any atom is 0.203 e. The lowest BCUT2D eigenvalue weighted by molar-refractivity contribution is 0.324. The van der Waals surface area contributed by atoms with Crippen LogP contribution in [0, 0.1) is 0 Å². The van der Waals surface area contributed by atoms with Gasteiger partial charge in [-0.1, -0.05) is 47.6 Å². The molecule has 0 fully saturated rings. The Morgan fingerprint density at radius 1 is 0.815 bits per heavy atom. The first kappa shape index (κ1) is 21.5. The molecule has 0 amide bonds. The summed E-state index contributed by atoms with van der Waals surface area (Å²) in [6.45, 7) is 14.3. The van der Waals surface area contributed by atoms with E-state index in [1.54, 1.807) is 21.3 Å². The van der Waals surface area contributed by atoms with Crippen LogP contribution in [0.4, 0.5) is 0 Å². The van der Waals surface area contributed by atoms with Gasteiger partial charge in [-0.3, -0.25) is 4.99 Å². The predicted octanol–water partition coefficient (Wildman–Crippen LogP) is 5.66. The van der Waals surface area contributed by atoms with Gasteiger partial charge in [0.2, 0.25) is 5.75 Å². The highest BCUT2D eigenvalue weighted by Crippen LogP contribution is 2.46. The SMILES string of the molecule is COc1cc(C2=NC([Si](C(C)C)(C(C)C)C(C)C)C=C2)cc(OC)c1OC.